The van der Waals surface area contributed by atoms with E-state index in [1.807, 2.05) is 24.7 Å². The minimum atomic E-state index is 0.456. The maximum atomic E-state index is 4.56. The molecule has 0 bridgehead atoms. The third kappa shape index (κ3) is 2.06. The van der Waals surface area contributed by atoms with Gasteiger partial charge in [-0.1, -0.05) is 32.0 Å². The second-order valence-corrected chi connectivity index (χ2v) is 5.93. The van der Waals surface area contributed by atoms with Gasteiger partial charge in [-0.15, -0.1) is 0 Å². The normalized spacial score (nSPS) is 11.6. The smallest absolute Gasteiger partial charge is 0.0495 e. The highest BCUT2D eigenvalue weighted by Crippen LogP contribution is 2.29. The van der Waals surface area contributed by atoms with E-state index in [4.69, 9.17) is 0 Å². The summed E-state index contributed by atoms with van der Waals surface area (Å²) in [7, 11) is 0. The van der Waals surface area contributed by atoms with Gasteiger partial charge in [-0.25, -0.2) is 0 Å². The van der Waals surface area contributed by atoms with Gasteiger partial charge in [0.05, 0.1) is 0 Å². The minimum absolute atomic E-state index is 0.456. The molecule has 0 aliphatic carbocycles. The Morgan fingerprint density at radius 2 is 1.73 bits per heavy atom. The van der Waals surface area contributed by atoms with Crippen molar-refractivity contribution in [1.82, 2.24) is 15.0 Å². The fourth-order valence-corrected chi connectivity index (χ4v) is 2.84. The number of aromatic nitrogens is 3. The van der Waals surface area contributed by atoms with Gasteiger partial charge >= 0.3 is 0 Å². The van der Waals surface area contributed by atoms with E-state index >= 15 is 0 Å². The van der Waals surface area contributed by atoms with Gasteiger partial charge in [-0.3, -0.25) is 9.97 Å². The number of rotatable bonds is 2. The average Bonchev–Trinajstić information content (AvgIpc) is 2.92. The topological polar surface area (TPSA) is 41.6 Å². The summed E-state index contributed by atoms with van der Waals surface area (Å²) in [5.41, 5.74) is 5.70. The van der Waals surface area contributed by atoms with Crippen molar-refractivity contribution in [2.75, 3.05) is 0 Å². The van der Waals surface area contributed by atoms with Gasteiger partial charge in [0.25, 0.3) is 0 Å². The zero-order valence-electron chi connectivity index (χ0n) is 12.7. The Labute approximate surface area is 129 Å². The molecule has 0 atom stereocenters. The Hall–Kier alpha value is -2.68. The lowest BCUT2D eigenvalue weighted by atomic mass is 10.0. The standard InChI is InChI=1S/C19H17N3/c1-12(2)17-6-4-14(10-21-17)13-3-5-15-16-11-20-8-7-18(16)22-19(15)9-13/h3-12,22H,1-2H3. The van der Waals surface area contributed by atoms with Crippen LogP contribution < -0.4 is 0 Å². The summed E-state index contributed by atoms with van der Waals surface area (Å²) in [6, 6.07) is 12.7. The maximum Gasteiger partial charge on any atom is 0.0495 e. The van der Waals surface area contributed by atoms with Crippen LogP contribution in [0, 0.1) is 0 Å². The van der Waals surface area contributed by atoms with Crippen molar-refractivity contribution >= 4 is 21.8 Å². The highest BCUT2D eigenvalue weighted by molar-refractivity contribution is 6.07. The summed E-state index contributed by atoms with van der Waals surface area (Å²) in [4.78, 5) is 12.2. The van der Waals surface area contributed by atoms with Gasteiger partial charge in [0.2, 0.25) is 0 Å². The fraction of sp³-hybridized carbons (Fsp3) is 0.158. The van der Waals surface area contributed by atoms with Crippen LogP contribution >= 0.6 is 0 Å². The Morgan fingerprint density at radius 3 is 2.50 bits per heavy atom. The van der Waals surface area contributed by atoms with Crippen LogP contribution in [-0.2, 0) is 0 Å². The van der Waals surface area contributed by atoms with Crippen molar-refractivity contribution in [3.63, 3.8) is 0 Å². The first-order valence-corrected chi connectivity index (χ1v) is 7.54. The summed E-state index contributed by atoms with van der Waals surface area (Å²) in [6.07, 6.45) is 5.68. The average molecular weight is 287 g/mol. The van der Waals surface area contributed by atoms with Gasteiger partial charge in [0.15, 0.2) is 0 Å². The van der Waals surface area contributed by atoms with E-state index in [1.54, 1.807) is 0 Å². The molecule has 3 aromatic heterocycles. The molecule has 0 unspecified atom stereocenters. The molecule has 22 heavy (non-hydrogen) atoms. The number of fused-ring (bicyclic) bond motifs is 3. The van der Waals surface area contributed by atoms with Crippen molar-refractivity contribution in [3.05, 3.63) is 60.7 Å². The molecule has 3 nitrogen and oxygen atoms in total. The van der Waals surface area contributed by atoms with Crippen molar-refractivity contribution in [3.8, 4) is 11.1 Å². The molecule has 1 N–H and O–H groups in total. The second kappa shape index (κ2) is 4.95. The van der Waals surface area contributed by atoms with E-state index in [-0.39, 0.29) is 0 Å². The lowest BCUT2D eigenvalue weighted by Gasteiger charge is -2.06. The van der Waals surface area contributed by atoms with Crippen LogP contribution in [0.1, 0.15) is 25.5 Å². The predicted octanol–water partition coefficient (Wildman–Crippen LogP) is 4.90. The highest BCUT2D eigenvalue weighted by Gasteiger charge is 2.07. The molecule has 0 radical (unpaired) electrons. The van der Waals surface area contributed by atoms with E-state index in [1.165, 1.54) is 10.9 Å². The van der Waals surface area contributed by atoms with Crippen LogP contribution in [0.4, 0.5) is 0 Å². The maximum absolute atomic E-state index is 4.56. The molecule has 4 rings (SSSR count). The zero-order chi connectivity index (χ0) is 15.1. The van der Waals surface area contributed by atoms with Crippen molar-refractivity contribution in [2.24, 2.45) is 0 Å². The number of hydrogen-bond donors (Lipinski definition) is 1. The summed E-state index contributed by atoms with van der Waals surface area (Å²) < 4.78 is 0. The number of aromatic amines is 1. The lowest BCUT2D eigenvalue weighted by Crippen LogP contribution is -1.91. The van der Waals surface area contributed by atoms with Crippen molar-refractivity contribution in [1.29, 1.82) is 0 Å². The molecule has 3 heteroatoms. The Balaban J connectivity index is 1.83. The van der Waals surface area contributed by atoms with E-state index in [9.17, 15) is 0 Å². The number of nitrogens with zero attached hydrogens (tertiary/aromatic N) is 2. The molecule has 108 valence electrons. The number of H-pyrrole nitrogens is 1. The summed E-state index contributed by atoms with van der Waals surface area (Å²) in [5.74, 6) is 0.456. The fourth-order valence-electron chi connectivity index (χ4n) is 2.84. The van der Waals surface area contributed by atoms with Crippen LogP contribution in [0.5, 0.6) is 0 Å². The molecule has 0 aliphatic rings. The molecule has 0 amide bonds. The molecule has 1 aromatic carbocycles. The number of nitrogens with one attached hydrogen (secondary N) is 1. The van der Waals surface area contributed by atoms with E-state index in [0.717, 1.165) is 27.7 Å². The van der Waals surface area contributed by atoms with Crippen LogP contribution in [-0.4, -0.2) is 15.0 Å². The summed E-state index contributed by atoms with van der Waals surface area (Å²) >= 11 is 0. The molecular formula is C19H17N3. The van der Waals surface area contributed by atoms with Crippen molar-refractivity contribution < 1.29 is 0 Å². The predicted molar refractivity (Wildman–Crippen MR) is 90.9 cm³/mol. The molecule has 0 saturated carbocycles. The van der Waals surface area contributed by atoms with E-state index in [2.05, 4.69) is 59.1 Å². The largest absolute Gasteiger partial charge is 0.354 e. The molecule has 3 heterocycles. The second-order valence-electron chi connectivity index (χ2n) is 5.93. The van der Waals surface area contributed by atoms with Crippen LogP contribution in [0.15, 0.2) is 55.0 Å². The van der Waals surface area contributed by atoms with Crippen LogP contribution in [0.3, 0.4) is 0 Å². The quantitative estimate of drug-likeness (QED) is 0.569. The zero-order valence-corrected chi connectivity index (χ0v) is 12.7. The third-order valence-electron chi connectivity index (χ3n) is 4.11. The van der Waals surface area contributed by atoms with Gasteiger partial charge < -0.3 is 4.98 Å². The minimum Gasteiger partial charge on any atom is -0.354 e. The Morgan fingerprint density at radius 1 is 0.864 bits per heavy atom. The summed E-state index contributed by atoms with van der Waals surface area (Å²) in [5, 5.41) is 2.37. The van der Waals surface area contributed by atoms with E-state index < -0.39 is 0 Å². The number of benzene rings is 1. The Bertz CT molecular complexity index is 949. The van der Waals surface area contributed by atoms with Crippen molar-refractivity contribution in [2.45, 2.75) is 19.8 Å². The number of pyridine rings is 2. The van der Waals surface area contributed by atoms with Gasteiger partial charge in [0.1, 0.15) is 0 Å². The summed E-state index contributed by atoms with van der Waals surface area (Å²) in [6.45, 7) is 4.32. The molecule has 0 fully saturated rings. The van der Waals surface area contributed by atoms with Crippen LogP contribution in [0.25, 0.3) is 32.9 Å². The monoisotopic (exact) mass is 287 g/mol. The molecule has 0 aliphatic heterocycles. The lowest BCUT2D eigenvalue weighted by molar-refractivity contribution is 0.823. The van der Waals surface area contributed by atoms with Gasteiger partial charge in [-0.05, 0) is 29.7 Å². The molecule has 0 spiro atoms. The highest BCUT2D eigenvalue weighted by atomic mass is 14.7. The molecule has 4 aromatic rings. The first kappa shape index (κ1) is 13.0. The Kier molecular flexibility index (Phi) is 2.93. The molecule has 0 saturated heterocycles. The SMILES string of the molecule is CC(C)c1ccc(-c2ccc3c(c2)[nH]c2ccncc23)cn1. The first-order valence-electron chi connectivity index (χ1n) is 7.54. The van der Waals surface area contributed by atoms with Gasteiger partial charge in [0, 0.05) is 51.7 Å². The van der Waals surface area contributed by atoms with E-state index in [0.29, 0.717) is 5.92 Å². The molecular weight excluding hydrogens is 270 g/mol. The van der Waals surface area contributed by atoms with Crippen LogP contribution in [0.2, 0.25) is 0 Å². The third-order valence-corrected chi connectivity index (χ3v) is 4.11. The number of hydrogen-bond acceptors (Lipinski definition) is 2. The first-order chi connectivity index (χ1) is 10.7. The van der Waals surface area contributed by atoms with Gasteiger partial charge in [-0.2, -0.15) is 0 Å².